The summed E-state index contributed by atoms with van der Waals surface area (Å²) in [5.74, 6) is 1.58. The van der Waals surface area contributed by atoms with Crippen molar-refractivity contribution in [3.8, 4) is 17.2 Å². The molecular weight excluding hydrogens is 435 g/mol. The molecule has 2 aliphatic rings. The highest BCUT2D eigenvalue weighted by molar-refractivity contribution is 5.76. The van der Waals surface area contributed by atoms with Crippen LogP contribution in [-0.4, -0.2) is 58.0 Å². The Labute approximate surface area is 198 Å². The minimum absolute atomic E-state index is 0.105. The number of rotatable bonds is 7. The van der Waals surface area contributed by atoms with Crippen LogP contribution in [0.4, 0.5) is 4.39 Å². The smallest absolute Gasteiger partial charge is 0.267 e. The summed E-state index contributed by atoms with van der Waals surface area (Å²) >= 11 is 0. The van der Waals surface area contributed by atoms with Crippen LogP contribution < -0.4 is 15.0 Å². The van der Waals surface area contributed by atoms with Crippen molar-refractivity contribution in [2.45, 2.75) is 57.6 Å². The summed E-state index contributed by atoms with van der Waals surface area (Å²) in [7, 11) is 0. The maximum atomic E-state index is 13.2. The van der Waals surface area contributed by atoms with Crippen LogP contribution >= 0.6 is 0 Å². The summed E-state index contributed by atoms with van der Waals surface area (Å²) in [6.07, 6.45) is 10.6. The lowest BCUT2D eigenvalue weighted by Gasteiger charge is -2.36. The number of hydrogen-bond donors (Lipinski definition) is 0. The van der Waals surface area contributed by atoms with Gasteiger partial charge in [-0.1, -0.05) is 12.8 Å². The van der Waals surface area contributed by atoms with Crippen molar-refractivity contribution < 1.29 is 13.9 Å². The van der Waals surface area contributed by atoms with Crippen molar-refractivity contribution in [3.05, 3.63) is 52.8 Å². The van der Waals surface area contributed by atoms with Crippen molar-refractivity contribution in [2.24, 2.45) is 0 Å². The summed E-state index contributed by atoms with van der Waals surface area (Å²) < 4.78 is 26.5. The Morgan fingerprint density at radius 3 is 2.68 bits per heavy atom. The molecule has 1 aliphatic heterocycles. The second kappa shape index (κ2) is 10.1. The molecule has 1 saturated carbocycles. The van der Waals surface area contributed by atoms with Gasteiger partial charge < -0.3 is 14.4 Å². The summed E-state index contributed by atoms with van der Waals surface area (Å²) in [5, 5.41) is 0.416. The van der Waals surface area contributed by atoms with E-state index >= 15 is 0 Å². The Hall–Kier alpha value is -3.00. The van der Waals surface area contributed by atoms with E-state index in [-0.39, 0.29) is 18.3 Å². The summed E-state index contributed by atoms with van der Waals surface area (Å²) in [5.41, 5.74) is 0.857. The van der Waals surface area contributed by atoms with Crippen molar-refractivity contribution in [1.82, 2.24) is 19.4 Å². The van der Waals surface area contributed by atoms with E-state index < -0.39 is 6.67 Å². The van der Waals surface area contributed by atoms with Gasteiger partial charge in [0.2, 0.25) is 0 Å². The van der Waals surface area contributed by atoms with E-state index in [2.05, 4.69) is 14.9 Å². The molecule has 3 heterocycles. The maximum absolute atomic E-state index is 13.2. The first-order chi connectivity index (χ1) is 16.6. The minimum Gasteiger partial charge on any atom is -0.490 e. The molecule has 34 heavy (non-hydrogen) atoms. The van der Waals surface area contributed by atoms with Gasteiger partial charge in [0.05, 0.1) is 16.6 Å². The van der Waals surface area contributed by atoms with Crippen LogP contribution in [-0.2, 0) is 0 Å². The number of aromatic nitrogens is 3. The number of ether oxygens (including phenoxy) is 2. The van der Waals surface area contributed by atoms with Gasteiger partial charge in [-0.05, 0) is 50.8 Å². The topological polar surface area (TPSA) is 69.5 Å². The van der Waals surface area contributed by atoms with Crippen LogP contribution in [0.5, 0.6) is 11.5 Å². The molecule has 1 aliphatic carbocycles. The fourth-order valence-corrected chi connectivity index (χ4v) is 5.26. The summed E-state index contributed by atoms with van der Waals surface area (Å²) in [6.45, 7) is 3.15. The molecule has 0 unspecified atom stereocenters. The van der Waals surface area contributed by atoms with Crippen LogP contribution in [0.3, 0.4) is 0 Å². The number of piperidine rings is 1. The monoisotopic (exact) mass is 466 g/mol. The van der Waals surface area contributed by atoms with Crippen LogP contribution in [0.15, 0.2) is 41.5 Å². The molecule has 180 valence electrons. The highest BCUT2D eigenvalue weighted by Crippen LogP contribution is 2.31. The number of halogens is 1. The number of likely N-dealkylation sites (tertiary alicyclic amines) is 1. The summed E-state index contributed by atoms with van der Waals surface area (Å²) in [4.78, 5) is 24.5. The van der Waals surface area contributed by atoms with E-state index in [1.54, 1.807) is 31.3 Å². The lowest BCUT2D eigenvalue weighted by atomic mass is 10.0. The average Bonchev–Trinajstić information content (AvgIpc) is 3.39. The van der Waals surface area contributed by atoms with Gasteiger partial charge >= 0.3 is 0 Å². The highest BCUT2D eigenvalue weighted by Gasteiger charge is 2.28. The van der Waals surface area contributed by atoms with Crippen LogP contribution in [0.1, 0.15) is 44.3 Å². The number of aryl methyl sites for hydroxylation is 1. The predicted molar refractivity (Wildman–Crippen MR) is 129 cm³/mol. The predicted octanol–water partition coefficient (Wildman–Crippen LogP) is 4.22. The van der Waals surface area contributed by atoms with Gasteiger partial charge in [0.1, 0.15) is 36.7 Å². The first-order valence-electron chi connectivity index (χ1n) is 12.2. The normalized spacial score (nSPS) is 17.9. The van der Waals surface area contributed by atoms with Crippen molar-refractivity contribution in [1.29, 1.82) is 0 Å². The molecule has 0 amide bonds. The number of fused-ring (bicyclic) bond motifs is 1. The van der Waals surface area contributed by atoms with Crippen LogP contribution in [0, 0.1) is 6.92 Å². The Morgan fingerprint density at radius 1 is 1.12 bits per heavy atom. The molecule has 0 radical (unpaired) electrons. The molecule has 3 aromatic rings. The molecule has 8 heteroatoms. The summed E-state index contributed by atoms with van der Waals surface area (Å²) in [6, 6.07) is 7.85. The zero-order chi connectivity index (χ0) is 23.5. The maximum Gasteiger partial charge on any atom is 0.267 e. The van der Waals surface area contributed by atoms with E-state index in [0.29, 0.717) is 33.9 Å². The molecule has 1 aromatic carbocycles. The minimum atomic E-state index is -0.627. The Balaban J connectivity index is 1.39. The van der Waals surface area contributed by atoms with Crippen molar-refractivity contribution >= 4 is 10.9 Å². The largest absolute Gasteiger partial charge is 0.490 e. The average molecular weight is 467 g/mol. The van der Waals surface area contributed by atoms with Crippen LogP contribution in [0.2, 0.25) is 0 Å². The molecular formula is C26H31FN4O3. The second-order valence-electron chi connectivity index (χ2n) is 9.15. The van der Waals surface area contributed by atoms with Gasteiger partial charge in [-0.3, -0.25) is 14.3 Å². The molecule has 5 rings (SSSR count). The number of benzene rings is 1. The standard InChI is InChI=1S/C26H31FN4O3/c1-18-29-23-8-12-28-17-22(23)26(32)31(18)24-7-6-21(16-25(24)33-15-11-27)34-20-9-13-30(14-10-20)19-4-2-3-5-19/h6-8,12,16-17,19-20H,2-5,9-11,13-15H2,1H3. The van der Waals surface area contributed by atoms with E-state index in [1.807, 2.05) is 6.07 Å². The van der Waals surface area contributed by atoms with E-state index in [1.165, 1.54) is 36.4 Å². The number of hydrogen-bond acceptors (Lipinski definition) is 6. The molecule has 7 nitrogen and oxygen atoms in total. The third kappa shape index (κ3) is 4.64. The fraction of sp³-hybridized carbons (Fsp3) is 0.500. The van der Waals surface area contributed by atoms with Crippen LogP contribution in [0.25, 0.3) is 16.6 Å². The molecule has 1 saturated heterocycles. The molecule has 0 atom stereocenters. The third-order valence-electron chi connectivity index (χ3n) is 6.96. The lowest BCUT2D eigenvalue weighted by Crippen LogP contribution is -2.43. The van der Waals surface area contributed by atoms with Crippen molar-refractivity contribution in [2.75, 3.05) is 26.4 Å². The van der Waals surface area contributed by atoms with Gasteiger partial charge in [0.25, 0.3) is 5.56 Å². The second-order valence-corrected chi connectivity index (χ2v) is 9.15. The quantitative estimate of drug-likeness (QED) is 0.519. The van der Waals surface area contributed by atoms with Gasteiger partial charge in [-0.2, -0.15) is 0 Å². The zero-order valence-electron chi connectivity index (χ0n) is 19.6. The lowest BCUT2D eigenvalue weighted by molar-refractivity contribution is 0.0766. The van der Waals surface area contributed by atoms with Gasteiger partial charge in [-0.15, -0.1) is 0 Å². The fourth-order valence-electron chi connectivity index (χ4n) is 5.26. The first kappa shape index (κ1) is 22.8. The molecule has 0 N–H and O–H groups in total. The van der Waals surface area contributed by atoms with E-state index in [9.17, 15) is 9.18 Å². The SMILES string of the molecule is Cc1nc2ccncc2c(=O)n1-c1ccc(OC2CCN(C3CCCC3)CC2)cc1OCCF. The van der Waals surface area contributed by atoms with Crippen molar-refractivity contribution in [3.63, 3.8) is 0 Å². The number of alkyl halides is 1. The Bertz CT molecular complexity index is 1200. The Kier molecular flexibility index (Phi) is 6.76. The molecule has 0 spiro atoms. The van der Waals surface area contributed by atoms with Gasteiger partial charge in [-0.25, -0.2) is 9.37 Å². The molecule has 0 bridgehead atoms. The molecule has 2 fully saturated rings. The Morgan fingerprint density at radius 2 is 1.91 bits per heavy atom. The van der Waals surface area contributed by atoms with Gasteiger partial charge in [0.15, 0.2) is 0 Å². The number of pyridine rings is 1. The zero-order valence-corrected chi connectivity index (χ0v) is 19.6. The van der Waals surface area contributed by atoms with Gasteiger partial charge in [0, 0.05) is 37.6 Å². The highest BCUT2D eigenvalue weighted by atomic mass is 19.1. The molecule has 2 aromatic heterocycles. The first-order valence-corrected chi connectivity index (χ1v) is 12.2. The number of nitrogens with zero attached hydrogens (tertiary/aromatic N) is 4. The third-order valence-corrected chi connectivity index (χ3v) is 6.96. The van der Waals surface area contributed by atoms with E-state index in [0.717, 1.165) is 32.0 Å². The van der Waals surface area contributed by atoms with E-state index in [4.69, 9.17) is 9.47 Å².